The number of benzene rings is 1. The molecule has 146 valence electrons. The van der Waals surface area contributed by atoms with E-state index in [-0.39, 0.29) is 17.2 Å². The lowest BCUT2D eigenvalue weighted by atomic mass is 10.0. The zero-order chi connectivity index (χ0) is 20.0. The highest BCUT2D eigenvalue weighted by molar-refractivity contribution is 6.22. The Morgan fingerprint density at radius 3 is 2.19 bits per heavy atom. The molecule has 7 heteroatoms. The fourth-order valence-electron chi connectivity index (χ4n) is 2.92. The average Bonchev–Trinajstić information content (AvgIpc) is 2.85. The van der Waals surface area contributed by atoms with E-state index in [1.54, 1.807) is 12.1 Å². The normalized spacial score (nSPS) is 14.3. The molecule has 3 amide bonds. The molecule has 2 rings (SSSR count). The number of esters is 1. The van der Waals surface area contributed by atoms with Crippen LogP contribution in [0.3, 0.4) is 0 Å². The van der Waals surface area contributed by atoms with Crippen LogP contribution in [0, 0.1) is 5.92 Å². The summed E-state index contributed by atoms with van der Waals surface area (Å²) in [5, 5.41) is 2.77. The SMILES string of the molecule is CC(C)CCC[C@@H](C)NC(=O)COC(=O)CN1C(=O)c2ccccc2C1=O. The van der Waals surface area contributed by atoms with Crippen molar-refractivity contribution in [3.8, 4) is 0 Å². The van der Waals surface area contributed by atoms with E-state index < -0.39 is 36.8 Å². The summed E-state index contributed by atoms with van der Waals surface area (Å²) in [6.07, 6.45) is 2.96. The number of imide groups is 1. The highest BCUT2D eigenvalue weighted by Crippen LogP contribution is 2.22. The number of hydrogen-bond donors (Lipinski definition) is 1. The minimum absolute atomic E-state index is 0.00816. The van der Waals surface area contributed by atoms with Gasteiger partial charge < -0.3 is 10.1 Å². The minimum Gasteiger partial charge on any atom is -0.454 e. The van der Waals surface area contributed by atoms with E-state index >= 15 is 0 Å². The molecule has 1 aromatic rings. The molecule has 1 atom stereocenters. The number of carbonyl (C=O) groups excluding carboxylic acids is 4. The second-order valence-corrected chi connectivity index (χ2v) is 7.20. The van der Waals surface area contributed by atoms with E-state index in [1.807, 2.05) is 6.92 Å². The average molecular weight is 374 g/mol. The first-order chi connectivity index (χ1) is 12.8. The Bertz CT molecular complexity index is 694. The van der Waals surface area contributed by atoms with Crippen molar-refractivity contribution >= 4 is 23.7 Å². The maximum atomic E-state index is 12.2. The van der Waals surface area contributed by atoms with Crippen molar-refractivity contribution in [1.29, 1.82) is 0 Å². The predicted octanol–water partition coefficient (Wildman–Crippen LogP) is 2.16. The van der Waals surface area contributed by atoms with Crippen LogP contribution in [-0.4, -0.2) is 47.8 Å². The zero-order valence-electron chi connectivity index (χ0n) is 16.0. The molecule has 0 unspecified atom stereocenters. The van der Waals surface area contributed by atoms with Gasteiger partial charge in [-0.2, -0.15) is 0 Å². The number of ether oxygens (including phenoxy) is 1. The second-order valence-electron chi connectivity index (χ2n) is 7.20. The summed E-state index contributed by atoms with van der Waals surface area (Å²) in [6.45, 7) is 5.26. The van der Waals surface area contributed by atoms with Gasteiger partial charge in [-0.05, 0) is 31.4 Å². The first-order valence-corrected chi connectivity index (χ1v) is 9.19. The van der Waals surface area contributed by atoms with Gasteiger partial charge in [0.15, 0.2) is 6.61 Å². The van der Waals surface area contributed by atoms with Crippen molar-refractivity contribution in [2.75, 3.05) is 13.2 Å². The maximum absolute atomic E-state index is 12.2. The Labute approximate surface area is 159 Å². The smallest absolute Gasteiger partial charge is 0.326 e. The molecular formula is C20H26N2O5. The second kappa shape index (κ2) is 9.30. The first kappa shape index (κ1) is 20.6. The third-order valence-corrected chi connectivity index (χ3v) is 4.36. The Kier molecular flexibility index (Phi) is 7.10. The van der Waals surface area contributed by atoms with Gasteiger partial charge in [0.2, 0.25) is 0 Å². The third-order valence-electron chi connectivity index (χ3n) is 4.36. The van der Waals surface area contributed by atoms with Crippen LogP contribution in [0.5, 0.6) is 0 Å². The number of amides is 3. The lowest BCUT2D eigenvalue weighted by Crippen LogP contribution is -2.39. The molecule has 0 bridgehead atoms. The Hall–Kier alpha value is -2.70. The molecule has 0 saturated heterocycles. The van der Waals surface area contributed by atoms with Gasteiger partial charge >= 0.3 is 5.97 Å². The summed E-state index contributed by atoms with van der Waals surface area (Å²) in [5.41, 5.74) is 0.534. The van der Waals surface area contributed by atoms with Crippen molar-refractivity contribution in [3.05, 3.63) is 35.4 Å². The predicted molar refractivity (Wildman–Crippen MR) is 99.1 cm³/mol. The van der Waals surface area contributed by atoms with Crippen LogP contribution < -0.4 is 5.32 Å². The lowest BCUT2D eigenvalue weighted by Gasteiger charge is -2.15. The largest absolute Gasteiger partial charge is 0.454 e. The number of nitrogens with one attached hydrogen (secondary N) is 1. The van der Waals surface area contributed by atoms with Crippen molar-refractivity contribution < 1.29 is 23.9 Å². The summed E-state index contributed by atoms with van der Waals surface area (Å²) in [7, 11) is 0. The van der Waals surface area contributed by atoms with Crippen LogP contribution in [0.1, 0.15) is 60.7 Å². The van der Waals surface area contributed by atoms with E-state index in [9.17, 15) is 19.2 Å². The Balaban J connectivity index is 1.74. The molecule has 1 aliphatic rings. The molecule has 7 nitrogen and oxygen atoms in total. The number of nitrogens with zero attached hydrogens (tertiary/aromatic N) is 1. The molecule has 1 heterocycles. The van der Waals surface area contributed by atoms with Crippen molar-refractivity contribution in [3.63, 3.8) is 0 Å². The summed E-state index contributed by atoms with van der Waals surface area (Å²) in [6, 6.07) is 6.37. The molecule has 0 aliphatic carbocycles. The number of rotatable bonds is 9. The van der Waals surface area contributed by atoms with Crippen LogP contribution >= 0.6 is 0 Å². The zero-order valence-corrected chi connectivity index (χ0v) is 16.0. The van der Waals surface area contributed by atoms with Gasteiger partial charge in [-0.3, -0.25) is 24.1 Å². The number of fused-ring (bicyclic) bond motifs is 1. The van der Waals surface area contributed by atoms with Gasteiger partial charge in [0, 0.05) is 6.04 Å². The Morgan fingerprint density at radius 1 is 1.04 bits per heavy atom. The van der Waals surface area contributed by atoms with E-state index in [0.717, 1.165) is 24.2 Å². The third kappa shape index (κ3) is 5.64. The van der Waals surface area contributed by atoms with E-state index in [1.165, 1.54) is 12.1 Å². The molecular weight excluding hydrogens is 348 g/mol. The van der Waals surface area contributed by atoms with Crippen molar-refractivity contribution in [2.45, 2.75) is 46.1 Å². The van der Waals surface area contributed by atoms with Gasteiger partial charge in [0.1, 0.15) is 6.54 Å². The molecule has 0 fully saturated rings. The monoisotopic (exact) mass is 374 g/mol. The van der Waals surface area contributed by atoms with Gasteiger partial charge in [0.25, 0.3) is 17.7 Å². The quantitative estimate of drug-likeness (QED) is 0.528. The summed E-state index contributed by atoms with van der Waals surface area (Å²) in [5.74, 6) is -1.64. The van der Waals surface area contributed by atoms with E-state index in [4.69, 9.17) is 4.74 Å². The number of hydrogen-bond acceptors (Lipinski definition) is 5. The molecule has 1 N–H and O–H groups in total. The van der Waals surface area contributed by atoms with E-state index in [2.05, 4.69) is 19.2 Å². The first-order valence-electron chi connectivity index (χ1n) is 9.19. The summed E-state index contributed by atoms with van der Waals surface area (Å²) >= 11 is 0. The van der Waals surface area contributed by atoms with E-state index in [0.29, 0.717) is 5.92 Å². The van der Waals surface area contributed by atoms with Crippen LogP contribution in [0.4, 0.5) is 0 Å². The number of carbonyl (C=O) groups is 4. The summed E-state index contributed by atoms with van der Waals surface area (Å²) in [4.78, 5) is 49.0. The van der Waals surface area contributed by atoms with Gasteiger partial charge in [-0.1, -0.05) is 38.8 Å². The molecule has 0 radical (unpaired) electrons. The molecule has 0 aromatic heterocycles. The maximum Gasteiger partial charge on any atom is 0.326 e. The summed E-state index contributed by atoms with van der Waals surface area (Å²) < 4.78 is 4.91. The fourth-order valence-corrected chi connectivity index (χ4v) is 2.92. The highest BCUT2D eigenvalue weighted by Gasteiger charge is 2.36. The molecule has 0 spiro atoms. The topological polar surface area (TPSA) is 92.8 Å². The lowest BCUT2D eigenvalue weighted by molar-refractivity contribution is -0.148. The van der Waals surface area contributed by atoms with Crippen molar-refractivity contribution in [1.82, 2.24) is 10.2 Å². The molecule has 0 saturated carbocycles. The van der Waals surface area contributed by atoms with Gasteiger partial charge in [-0.15, -0.1) is 0 Å². The van der Waals surface area contributed by atoms with Crippen molar-refractivity contribution in [2.24, 2.45) is 5.92 Å². The fraction of sp³-hybridized carbons (Fsp3) is 0.500. The van der Waals surface area contributed by atoms with Gasteiger partial charge in [-0.25, -0.2) is 0 Å². The minimum atomic E-state index is -0.799. The van der Waals surface area contributed by atoms with Gasteiger partial charge in [0.05, 0.1) is 11.1 Å². The van der Waals surface area contributed by atoms with Crippen LogP contribution in [0.15, 0.2) is 24.3 Å². The molecule has 27 heavy (non-hydrogen) atoms. The molecule has 1 aromatic carbocycles. The highest BCUT2D eigenvalue weighted by atomic mass is 16.5. The Morgan fingerprint density at radius 2 is 1.63 bits per heavy atom. The van der Waals surface area contributed by atoms with Crippen LogP contribution in [0.2, 0.25) is 0 Å². The van der Waals surface area contributed by atoms with Crippen LogP contribution in [-0.2, 0) is 14.3 Å². The van der Waals surface area contributed by atoms with Crippen LogP contribution in [0.25, 0.3) is 0 Å². The standard InChI is InChI=1S/C20H26N2O5/c1-13(2)7-6-8-14(3)21-17(23)12-27-18(24)11-22-19(25)15-9-4-5-10-16(15)20(22)26/h4-5,9-10,13-14H,6-8,11-12H2,1-3H3,(H,21,23)/t14-/m1/s1. The molecule has 1 aliphatic heterocycles.